The zero-order valence-corrected chi connectivity index (χ0v) is 14.0. The van der Waals surface area contributed by atoms with Gasteiger partial charge in [-0.25, -0.2) is 9.97 Å². The summed E-state index contributed by atoms with van der Waals surface area (Å²) in [4.78, 5) is 9.60. The molecule has 0 aliphatic heterocycles. The van der Waals surface area contributed by atoms with Crippen LogP contribution in [0.25, 0.3) is 10.2 Å². The first kappa shape index (κ1) is 18.4. The Morgan fingerprint density at radius 2 is 1.54 bits per heavy atom. The van der Waals surface area contributed by atoms with Gasteiger partial charge in [-0.2, -0.15) is 26.3 Å². The van der Waals surface area contributed by atoms with Crippen LogP contribution in [-0.2, 0) is 18.8 Å². The quantitative estimate of drug-likeness (QED) is 0.554. The van der Waals surface area contributed by atoms with Crippen molar-refractivity contribution in [2.45, 2.75) is 25.7 Å². The minimum Gasteiger partial charge on any atom is -0.340 e. The highest BCUT2D eigenvalue weighted by atomic mass is 32.1. The Morgan fingerprint density at radius 1 is 0.923 bits per heavy atom. The summed E-state index contributed by atoms with van der Waals surface area (Å²) in [5.74, 6) is 0.151. The molecule has 0 saturated carbocycles. The Balaban J connectivity index is 2.08. The summed E-state index contributed by atoms with van der Waals surface area (Å²) in [7, 11) is 0. The molecule has 0 unspecified atom stereocenters. The predicted molar refractivity (Wildman–Crippen MR) is 86.5 cm³/mol. The van der Waals surface area contributed by atoms with Gasteiger partial charge in [0.05, 0.1) is 16.5 Å². The van der Waals surface area contributed by atoms with Gasteiger partial charge in [-0.3, -0.25) is 0 Å². The molecule has 2 aromatic heterocycles. The van der Waals surface area contributed by atoms with Crippen LogP contribution < -0.4 is 5.32 Å². The van der Waals surface area contributed by atoms with Crippen molar-refractivity contribution in [2.75, 3.05) is 5.32 Å². The van der Waals surface area contributed by atoms with E-state index in [0.29, 0.717) is 22.3 Å². The molecule has 0 radical (unpaired) electrons. The number of benzene rings is 1. The first-order chi connectivity index (χ1) is 12.1. The molecule has 0 atom stereocenters. The molecule has 26 heavy (non-hydrogen) atoms. The lowest BCUT2D eigenvalue weighted by Crippen LogP contribution is -2.11. The molecule has 1 N–H and O–H groups in total. The molecule has 3 rings (SSSR count). The molecule has 0 bridgehead atoms. The SMILES string of the molecule is CCc1cc2c(Nc3cc(C(F)(F)F)cc(C(F)(F)F)c3)ncnc2s1. The molecule has 0 amide bonds. The van der Waals surface area contributed by atoms with Crippen molar-refractivity contribution < 1.29 is 26.3 Å². The van der Waals surface area contributed by atoms with Gasteiger partial charge in [0.25, 0.3) is 0 Å². The van der Waals surface area contributed by atoms with Gasteiger partial charge >= 0.3 is 12.4 Å². The second-order valence-corrected chi connectivity index (χ2v) is 6.54. The molecule has 3 aromatic rings. The third-order valence-electron chi connectivity index (χ3n) is 3.58. The predicted octanol–water partition coefficient (Wildman–Crippen LogP) is 6.03. The van der Waals surface area contributed by atoms with E-state index in [-0.39, 0.29) is 17.6 Å². The van der Waals surface area contributed by atoms with E-state index in [1.807, 2.05) is 6.92 Å². The Kier molecular flexibility index (Phi) is 4.55. The number of anilines is 2. The fourth-order valence-electron chi connectivity index (χ4n) is 2.34. The molecule has 138 valence electrons. The van der Waals surface area contributed by atoms with Crippen LogP contribution in [0.15, 0.2) is 30.6 Å². The highest BCUT2D eigenvalue weighted by molar-refractivity contribution is 7.18. The molecule has 0 saturated heterocycles. The molecule has 2 heterocycles. The van der Waals surface area contributed by atoms with Gasteiger partial charge in [-0.05, 0) is 30.7 Å². The summed E-state index contributed by atoms with van der Waals surface area (Å²) in [5.41, 5.74) is -3.13. The van der Waals surface area contributed by atoms with Gasteiger partial charge in [-0.1, -0.05) is 6.92 Å². The fourth-order valence-corrected chi connectivity index (χ4v) is 3.28. The zero-order valence-electron chi connectivity index (χ0n) is 13.2. The fraction of sp³-hybridized carbons (Fsp3) is 0.250. The van der Waals surface area contributed by atoms with E-state index in [0.717, 1.165) is 11.3 Å². The smallest absolute Gasteiger partial charge is 0.340 e. The molecule has 3 nitrogen and oxygen atoms in total. The van der Waals surface area contributed by atoms with E-state index in [9.17, 15) is 26.3 Å². The van der Waals surface area contributed by atoms with E-state index in [1.54, 1.807) is 6.07 Å². The van der Waals surface area contributed by atoms with E-state index >= 15 is 0 Å². The maximum Gasteiger partial charge on any atom is 0.416 e. The number of alkyl halides is 6. The lowest BCUT2D eigenvalue weighted by Gasteiger charge is -2.15. The van der Waals surface area contributed by atoms with Gasteiger partial charge in [0.2, 0.25) is 0 Å². The van der Waals surface area contributed by atoms with Crippen molar-refractivity contribution in [3.05, 3.63) is 46.6 Å². The highest BCUT2D eigenvalue weighted by Gasteiger charge is 2.37. The Hall–Kier alpha value is -2.36. The summed E-state index contributed by atoms with van der Waals surface area (Å²) < 4.78 is 77.7. The number of aryl methyl sites for hydroxylation is 1. The Morgan fingerprint density at radius 3 is 2.08 bits per heavy atom. The van der Waals surface area contributed by atoms with Gasteiger partial charge < -0.3 is 5.32 Å². The molecule has 10 heteroatoms. The second kappa shape index (κ2) is 6.42. The number of aromatic nitrogens is 2. The third-order valence-corrected chi connectivity index (χ3v) is 4.77. The van der Waals surface area contributed by atoms with Gasteiger partial charge in [0, 0.05) is 10.6 Å². The molecule has 1 aromatic carbocycles. The standard InChI is InChI=1S/C16H11F6N3S/c1-2-11-6-12-13(23-7-24-14(12)26-11)25-10-4-8(15(17,18)19)3-9(5-10)16(20,21)22/h3-7H,2H2,1H3,(H,23,24,25). The Labute approximate surface area is 147 Å². The summed E-state index contributed by atoms with van der Waals surface area (Å²) in [6.45, 7) is 1.92. The minimum atomic E-state index is -4.91. The summed E-state index contributed by atoms with van der Waals surface area (Å²) in [6.07, 6.45) is -7.88. The van der Waals surface area contributed by atoms with E-state index in [2.05, 4.69) is 15.3 Å². The number of nitrogens with zero attached hydrogens (tertiary/aromatic N) is 2. The number of thiophene rings is 1. The van der Waals surface area contributed by atoms with Gasteiger partial charge in [-0.15, -0.1) is 11.3 Å². The molecular weight excluding hydrogens is 380 g/mol. The lowest BCUT2D eigenvalue weighted by molar-refractivity contribution is -0.143. The summed E-state index contributed by atoms with van der Waals surface area (Å²) >= 11 is 1.39. The van der Waals surface area contributed by atoms with E-state index in [1.165, 1.54) is 17.7 Å². The monoisotopic (exact) mass is 391 g/mol. The van der Waals surface area contributed by atoms with Crippen LogP contribution in [0.3, 0.4) is 0 Å². The normalized spacial score (nSPS) is 12.6. The molecule has 0 aliphatic carbocycles. The van der Waals surface area contributed by atoms with Crippen LogP contribution in [0.2, 0.25) is 0 Å². The van der Waals surface area contributed by atoms with Crippen molar-refractivity contribution in [3.63, 3.8) is 0 Å². The van der Waals surface area contributed by atoms with Crippen molar-refractivity contribution in [1.82, 2.24) is 9.97 Å². The van der Waals surface area contributed by atoms with Gasteiger partial charge in [0.1, 0.15) is 17.0 Å². The number of hydrogen-bond acceptors (Lipinski definition) is 4. The first-order valence-electron chi connectivity index (χ1n) is 7.38. The van der Waals surface area contributed by atoms with E-state index in [4.69, 9.17) is 0 Å². The number of halogens is 6. The van der Waals surface area contributed by atoms with Crippen LogP contribution in [-0.4, -0.2) is 9.97 Å². The minimum absolute atomic E-state index is 0.0839. The van der Waals surface area contributed by atoms with Crippen LogP contribution in [0, 0.1) is 0 Å². The van der Waals surface area contributed by atoms with Crippen LogP contribution >= 0.6 is 11.3 Å². The number of rotatable bonds is 3. The average Bonchev–Trinajstić information content (AvgIpc) is 2.97. The van der Waals surface area contributed by atoms with Crippen LogP contribution in [0.5, 0.6) is 0 Å². The molecule has 0 fully saturated rings. The summed E-state index contributed by atoms with van der Waals surface area (Å²) in [6, 6.07) is 3.09. The maximum absolute atomic E-state index is 13.0. The zero-order chi connectivity index (χ0) is 19.1. The first-order valence-corrected chi connectivity index (χ1v) is 8.19. The van der Waals surface area contributed by atoms with E-state index < -0.39 is 23.5 Å². The van der Waals surface area contributed by atoms with Crippen molar-refractivity contribution in [1.29, 1.82) is 0 Å². The topological polar surface area (TPSA) is 37.8 Å². The van der Waals surface area contributed by atoms with Gasteiger partial charge in [0.15, 0.2) is 0 Å². The summed E-state index contributed by atoms with van der Waals surface area (Å²) in [5, 5.41) is 3.11. The van der Waals surface area contributed by atoms with Crippen molar-refractivity contribution in [3.8, 4) is 0 Å². The third kappa shape index (κ3) is 3.74. The van der Waals surface area contributed by atoms with Crippen LogP contribution in [0.4, 0.5) is 37.8 Å². The largest absolute Gasteiger partial charge is 0.416 e. The number of hydrogen-bond donors (Lipinski definition) is 1. The van der Waals surface area contributed by atoms with Crippen molar-refractivity contribution >= 4 is 33.1 Å². The average molecular weight is 391 g/mol. The molecular formula is C16H11F6N3S. The maximum atomic E-state index is 13.0. The lowest BCUT2D eigenvalue weighted by atomic mass is 10.1. The number of nitrogens with one attached hydrogen (secondary N) is 1. The molecule has 0 aliphatic rings. The van der Waals surface area contributed by atoms with Crippen LogP contribution in [0.1, 0.15) is 22.9 Å². The highest BCUT2D eigenvalue weighted by Crippen LogP contribution is 2.38. The second-order valence-electron chi connectivity index (χ2n) is 5.43. The Bertz CT molecular complexity index is 913. The van der Waals surface area contributed by atoms with Crippen molar-refractivity contribution in [2.24, 2.45) is 0 Å². The number of fused-ring (bicyclic) bond motifs is 1. The molecule has 0 spiro atoms.